The quantitative estimate of drug-likeness (QED) is 0.892. The molecule has 0 atom stereocenters. The van der Waals surface area contributed by atoms with Crippen LogP contribution < -0.4 is 10.0 Å². The van der Waals surface area contributed by atoms with E-state index < -0.39 is 10.0 Å². The molecule has 0 amide bonds. The summed E-state index contributed by atoms with van der Waals surface area (Å²) >= 11 is 0. The van der Waals surface area contributed by atoms with E-state index in [1.807, 2.05) is 12.1 Å². The maximum absolute atomic E-state index is 12.2. The number of piperidine rings is 1. The first kappa shape index (κ1) is 13.9. The average Bonchev–Trinajstić information content (AvgIpc) is 2.86. The Bertz CT molecular complexity index is 578. The fourth-order valence-electron chi connectivity index (χ4n) is 3.22. The Morgan fingerprint density at radius 3 is 2.70 bits per heavy atom. The number of aryl methyl sites for hydroxylation is 2. The van der Waals surface area contributed by atoms with Gasteiger partial charge in [0.15, 0.2) is 0 Å². The first-order valence-electron chi connectivity index (χ1n) is 7.45. The van der Waals surface area contributed by atoms with Crippen molar-refractivity contribution < 1.29 is 8.42 Å². The minimum absolute atomic E-state index is 0.242. The fraction of sp³-hybridized carbons (Fsp3) is 0.600. The van der Waals surface area contributed by atoms with Crippen LogP contribution in [-0.4, -0.2) is 27.3 Å². The molecule has 2 N–H and O–H groups in total. The summed E-state index contributed by atoms with van der Waals surface area (Å²) in [4.78, 5) is 0. The van der Waals surface area contributed by atoms with Gasteiger partial charge < -0.3 is 5.32 Å². The predicted molar refractivity (Wildman–Crippen MR) is 81.5 cm³/mol. The third-order valence-corrected chi connectivity index (χ3v) is 5.74. The molecule has 1 saturated heterocycles. The van der Waals surface area contributed by atoms with Crippen molar-refractivity contribution in [3.63, 3.8) is 0 Å². The van der Waals surface area contributed by atoms with Crippen molar-refractivity contribution in [3.8, 4) is 0 Å². The summed E-state index contributed by atoms with van der Waals surface area (Å²) < 4.78 is 27.2. The van der Waals surface area contributed by atoms with E-state index in [-0.39, 0.29) is 11.7 Å². The second-order valence-corrected chi connectivity index (χ2v) is 7.68. The third kappa shape index (κ3) is 3.33. The van der Waals surface area contributed by atoms with Crippen LogP contribution in [-0.2, 0) is 22.9 Å². The number of benzene rings is 1. The van der Waals surface area contributed by atoms with E-state index in [0.29, 0.717) is 0 Å². The summed E-state index contributed by atoms with van der Waals surface area (Å²) in [5.41, 5.74) is 3.39. The number of hydrogen-bond acceptors (Lipinski definition) is 3. The maximum Gasteiger partial charge on any atom is 0.232 e. The summed E-state index contributed by atoms with van der Waals surface area (Å²) in [5.74, 6) is 0.523. The monoisotopic (exact) mass is 294 g/mol. The highest BCUT2D eigenvalue weighted by Crippen LogP contribution is 2.25. The number of sulfonamides is 1. The van der Waals surface area contributed by atoms with Gasteiger partial charge in [-0.2, -0.15) is 0 Å². The summed E-state index contributed by atoms with van der Waals surface area (Å²) in [6.45, 7) is 1.86. The third-order valence-electron chi connectivity index (χ3n) is 4.29. The van der Waals surface area contributed by atoms with Crippen molar-refractivity contribution in [3.05, 3.63) is 29.3 Å². The molecule has 1 heterocycles. The first-order chi connectivity index (χ1) is 9.62. The molecule has 0 saturated carbocycles. The molecule has 1 aromatic carbocycles. The molecule has 5 heteroatoms. The Kier molecular flexibility index (Phi) is 3.98. The summed E-state index contributed by atoms with van der Waals surface area (Å²) in [6.07, 6.45) is 5.27. The van der Waals surface area contributed by atoms with Crippen molar-refractivity contribution in [2.75, 3.05) is 23.6 Å². The van der Waals surface area contributed by atoms with Gasteiger partial charge in [-0.1, -0.05) is 6.07 Å². The standard InChI is InChI=1S/C15H22N2O2S/c18-20(19,11-12-6-8-16-9-7-12)17-15-5-4-13-2-1-3-14(13)10-15/h4-5,10,12,16-17H,1-3,6-9,11H2. The Morgan fingerprint density at radius 1 is 1.15 bits per heavy atom. The van der Waals surface area contributed by atoms with Crippen LogP contribution >= 0.6 is 0 Å². The highest BCUT2D eigenvalue weighted by Gasteiger charge is 2.21. The Labute approximate surface area is 121 Å². The van der Waals surface area contributed by atoms with Crippen LogP contribution in [0.1, 0.15) is 30.4 Å². The maximum atomic E-state index is 12.2. The van der Waals surface area contributed by atoms with Crippen molar-refractivity contribution in [1.82, 2.24) is 5.32 Å². The van der Waals surface area contributed by atoms with Crippen LogP contribution in [0.15, 0.2) is 18.2 Å². The summed E-state index contributed by atoms with van der Waals surface area (Å²) in [7, 11) is -3.23. The Balaban J connectivity index is 1.66. The second-order valence-electron chi connectivity index (χ2n) is 5.91. The van der Waals surface area contributed by atoms with Gasteiger partial charge in [-0.15, -0.1) is 0 Å². The molecular weight excluding hydrogens is 272 g/mol. The smallest absolute Gasteiger partial charge is 0.232 e. The lowest BCUT2D eigenvalue weighted by Gasteiger charge is -2.22. The molecule has 3 rings (SSSR count). The zero-order chi connectivity index (χ0) is 14.0. The molecule has 1 fully saturated rings. The fourth-order valence-corrected chi connectivity index (χ4v) is 4.74. The van der Waals surface area contributed by atoms with Gasteiger partial charge in [0.2, 0.25) is 10.0 Å². The van der Waals surface area contributed by atoms with E-state index in [0.717, 1.165) is 44.5 Å². The van der Waals surface area contributed by atoms with E-state index in [4.69, 9.17) is 0 Å². The van der Waals surface area contributed by atoms with Crippen molar-refractivity contribution in [2.24, 2.45) is 5.92 Å². The predicted octanol–water partition coefficient (Wildman–Crippen LogP) is 1.92. The number of fused-ring (bicyclic) bond motifs is 1. The average molecular weight is 294 g/mol. The Hall–Kier alpha value is -1.07. The molecule has 0 aromatic heterocycles. The summed E-state index contributed by atoms with van der Waals surface area (Å²) in [6, 6.07) is 5.96. The molecule has 2 aliphatic rings. The molecule has 110 valence electrons. The van der Waals surface area contributed by atoms with Gasteiger partial charge in [0.1, 0.15) is 0 Å². The zero-order valence-corrected chi connectivity index (χ0v) is 12.5. The largest absolute Gasteiger partial charge is 0.317 e. The van der Waals surface area contributed by atoms with Gasteiger partial charge in [-0.3, -0.25) is 4.72 Å². The minimum Gasteiger partial charge on any atom is -0.317 e. The SMILES string of the molecule is O=S(=O)(CC1CCNCC1)Nc1ccc2c(c1)CCC2. The van der Waals surface area contributed by atoms with Crippen LogP contribution in [0.25, 0.3) is 0 Å². The number of anilines is 1. The summed E-state index contributed by atoms with van der Waals surface area (Å²) in [5, 5.41) is 3.26. The second kappa shape index (κ2) is 5.74. The topological polar surface area (TPSA) is 58.2 Å². The van der Waals surface area contributed by atoms with Gasteiger partial charge in [0.05, 0.1) is 5.75 Å². The van der Waals surface area contributed by atoms with Gasteiger partial charge in [0, 0.05) is 5.69 Å². The molecule has 4 nitrogen and oxygen atoms in total. The van der Waals surface area contributed by atoms with Crippen LogP contribution in [0.2, 0.25) is 0 Å². The molecular formula is C15H22N2O2S. The number of rotatable bonds is 4. The van der Waals surface area contributed by atoms with Crippen molar-refractivity contribution >= 4 is 15.7 Å². The van der Waals surface area contributed by atoms with E-state index in [1.165, 1.54) is 17.5 Å². The van der Waals surface area contributed by atoms with Gasteiger partial charge in [0.25, 0.3) is 0 Å². The van der Waals surface area contributed by atoms with Crippen LogP contribution in [0.5, 0.6) is 0 Å². The molecule has 20 heavy (non-hydrogen) atoms. The van der Waals surface area contributed by atoms with E-state index >= 15 is 0 Å². The molecule has 0 spiro atoms. The molecule has 0 radical (unpaired) electrons. The van der Waals surface area contributed by atoms with Gasteiger partial charge in [-0.25, -0.2) is 8.42 Å². The van der Waals surface area contributed by atoms with Crippen LogP contribution in [0.4, 0.5) is 5.69 Å². The number of hydrogen-bond donors (Lipinski definition) is 2. The van der Waals surface area contributed by atoms with E-state index in [2.05, 4.69) is 16.1 Å². The normalized spacial score (nSPS) is 19.8. The lowest BCUT2D eigenvalue weighted by atomic mass is 10.0. The molecule has 1 aliphatic heterocycles. The zero-order valence-electron chi connectivity index (χ0n) is 11.7. The molecule has 0 bridgehead atoms. The van der Waals surface area contributed by atoms with E-state index in [1.54, 1.807) is 0 Å². The van der Waals surface area contributed by atoms with E-state index in [9.17, 15) is 8.42 Å². The van der Waals surface area contributed by atoms with Crippen molar-refractivity contribution in [2.45, 2.75) is 32.1 Å². The lowest BCUT2D eigenvalue weighted by Crippen LogP contribution is -2.33. The van der Waals surface area contributed by atoms with Crippen molar-refractivity contribution in [1.29, 1.82) is 0 Å². The van der Waals surface area contributed by atoms with Gasteiger partial charge >= 0.3 is 0 Å². The highest BCUT2D eigenvalue weighted by atomic mass is 32.2. The molecule has 1 aromatic rings. The highest BCUT2D eigenvalue weighted by molar-refractivity contribution is 7.92. The van der Waals surface area contributed by atoms with Crippen LogP contribution in [0, 0.1) is 5.92 Å². The molecule has 0 unspecified atom stereocenters. The van der Waals surface area contributed by atoms with Crippen LogP contribution in [0.3, 0.4) is 0 Å². The molecule has 1 aliphatic carbocycles. The first-order valence-corrected chi connectivity index (χ1v) is 9.11. The number of nitrogens with one attached hydrogen (secondary N) is 2. The Morgan fingerprint density at radius 2 is 1.90 bits per heavy atom. The minimum atomic E-state index is -3.23. The lowest BCUT2D eigenvalue weighted by molar-refractivity contribution is 0.402. The van der Waals surface area contributed by atoms with Gasteiger partial charge in [-0.05, 0) is 74.4 Å².